The molecule has 15 heteroatoms. The molecule has 42 heavy (non-hydrogen) atoms. The summed E-state index contributed by atoms with van der Waals surface area (Å²) in [6.45, 7) is 8.28. The van der Waals surface area contributed by atoms with Crippen LogP contribution in [-0.2, 0) is 16.6 Å². The Labute approximate surface area is 242 Å². The Kier molecular flexibility index (Phi) is 7.31. The number of nitrogens with one attached hydrogen (secondary N) is 1. The van der Waals surface area contributed by atoms with Crippen molar-refractivity contribution in [3.63, 3.8) is 0 Å². The number of amides is 1. The number of rotatable bonds is 4. The molecule has 0 saturated carbocycles. The fourth-order valence-corrected chi connectivity index (χ4v) is 6.56. The third kappa shape index (κ3) is 5.70. The van der Waals surface area contributed by atoms with Crippen LogP contribution in [0.3, 0.4) is 0 Å². The normalized spacial score (nSPS) is 20.5. The highest BCUT2D eigenvalue weighted by Gasteiger charge is 2.48. The van der Waals surface area contributed by atoms with Crippen molar-refractivity contribution >= 4 is 21.7 Å². The Morgan fingerprint density at radius 1 is 1.17 bits per heavy atom. The second kappa shape index (κ2) is 10.3. The van der Waals surface area contributed by atoms with Gasteiger partial charge in [0.25, 0.3) is 15.9 Å². The van der Waals surface area contributed by atoms with Crippen molar-refractivity contribution < 1.29 is 31.1 Å². The lowest BCUT2D eigenvalue weighted by Gasteiger charge is -2.34. The molecule has 2 aliphatic rings. The molecule has 0 aromatic carbocycles. The van der Waals surface area contributed by atoms with Gasteiger partial charge in [0.15, 0.2) is 5.82 Å². The topological polar surface area (TPSA) is 124 Å². The first-order valence-electron chi connectivity index (χ1n) is 13.6. The summed E-state index contributed by atoms with van der Waals surface area (Å²) in [6, 6.07) is 4.40. The van der Waals surface area contributed by atoms with Crippen LogP contribution in [0.25, 0.3) is 5.82 Å². The number of fused-ring (bicyclic) bond motifs is 6. The fourth-order valence-electron chi connectivity index (χ4n) is 5.40. The SMILES string of the molecule is Cc1nn2cc1S(=O)(=O)NC(=O)c1ccc(-n3ccc(OCC(C)(C)C(F)(F)F)n3)nc1N1CC(CCC2)CC1(C)C. The number of alkyl halides is 3. The van der Waals surface area contributed by atoms with Crippen molar-refractivity contribution in [2.75, 3.05) is 18.1 Å². The smallest absolute Gasteiger partial charge is 0.397 e. The predicted molar refractivity (Wildman–Crippen MR) is 147 cm³/mol. The van der Waals surface area contributed by atoms with Crippen molar-refractivity contribution in [2.45, 2.75) is 77.0 Å². The first-order valence-corrected chi connectivity index (χ1v) is 15.1. The lowest BCUT2D eigenvalue weighted by Crippen LogP contribution is -2.41. The molecule has 3 aromatic rings. The van der Waals surface area contributed by atoms with E-state index in [1.165, 1.54) is 35.3 Å². The first kappa shape index (κ1) is 29.9. The van der Waals surface area contributed by atoms with Gasteiger partial charge in [0.05, 0.1) is 16.7 Å². The molecule has 1 N–H and O–H groups in total. The minimum Gasteiger partial charge on any atom is -0.476 e. The first-order chi connectivity index (χ1) is 19.5. The van der Waals surface area contributed by atoms with Crippen molar-refractivity contribution in [3.05, 3.63) is 41.9 Å². The van der Waals surface area contributed by atoms with E-state index in [1.54, 1.807) is 11.6 Å². The highest BCUT2D eigenvalue weighted by Crippen LogP contribution is 2.40. The molecule has 1 amide bonds. The quantitative estimate of drug-likeness (QED) is 0.466. The summed E-state index contributed by atoms with van der Waals surface area (Å²) in [4.78, 5) is 20.2. The molecular formula is C27H34F3N7O4S. The maximum Gasteiger partial charge on any atom is 0.397 e. The summed E-state index contributed by atoms with van der Waals surface area (Å²) in [7, 11) is -4.22. The van der Waals surface area contributed by atoms with Crippen LogP contribution in [0.5, 0.6) is 5.88 Å². The van der Waals surface area contributed by atoms with Crippen LogP contribution in [0.1, 0.15) is 63.0 Å². The summed E-state index contributed by atoms with van der Waals surface area (Å²) in [5.41, 5.74) is -2.12. The van der Waals surface area contributed by atoms with E-state index < -0.39 is 39.7 Å². The van der Waals surface area contributed by atoms with E-state index in [0.29, 0.717) is 24.7 Å². The highest BCUT2D eigenvalue weighted by atomic mass is 32.2. The van der Waals surface area contributed by atoms with E-state index in [-0.39, 0.29) is 28.0 Å². The van der Waals surface area contributed by atoms with E-state index in [2.05, 4.69) is 14.9 Å². The van der Waals surface area contributed by atoms with Crippen molar-refractivity contribution in [1.29, 1.82) is 0 Å². The third-order valence-corrected chi connectivity index (χ3v) is 9.32. The number of nitrogens with zero attached hydrogens (tertiary/aromatic N) is 6. The van der Waals surface area contributed by atoms with Gasteiger partial charge >= 0.3 is 6.18 Å². The number of pyridine rings is 1. The molecule has 0 aliphatic carbocycles. The minimum absolute atomic E-state index is 0.0180. The predicted octanol–water partition coefficient (Wildman–Crippen LogP) is 4.26. The van der Waals surface area contributed by atoms with Crippen molar-refractivity contribution in [1.82, 2.24) is 29.3 Å². The highest BCUT2D eigenvalue weighted by molar-refractivity contribution is 7.90. The average molecular weight is 610 g/mol. The molecule has 1 fully saturated rings. The number of hydrogen-bond donors (Lipinski definition) is 1. The van der Waals surface area contributed by atoms with Gasteiger partial charge in [-0.3, -0.25) is 9.48 Å². The Bertz CT molecular complexity index is 1610. The second-order valence-electron chi connectivity index (χ2n) is 12.2. The molecule has 11 nitrogen and oxygen atoms in total. The van der Waals surface area contributed by atoms with Gasteiger partial charge < -0.3 is 9.64 Å². The lowest BCUT2D eigenvalue weighted by molar-refractivity contribution is -0.219. The Morgan fingerprint density at radius 3 is 2.62 bits per heavy atom. The van der Waals surface area contributed by atoms with Gasteiger partial charge in [-0.1, -0.05) is 0 Å². The van der Waals surface area contributed by atoms with Crippen molar-refractivity contribution in [2.24, 2.45) is 11.3 Å². The summed E-state index contributed by atoms with van der Waals surface area (Å²) in [5, 5.41) is 8.57. The minimum atomic E-state index is -4.45. The van der Waals surface area contributed by atoms with Crippen LogP contribution in [0, 0.1) is 18.3 Å². The van der Waals surface area contributed by atoms with Gasteiger partial charge in [-0.05, 0) is 71.9 Å². The number of sulfonamides is 1. The van der Waals surface area contributed by atoms with Crippen LogP contribution in [0.15, 0.2) is 35.5 Å². The molecule has 1 unspecified atom stereocenters. The zero-order valence-corrected chi connectivity index (χ0v) is 24.9. The standard InChI is InChI=1S/C27H34F3N7O4S/c1-17-20-15-35(32-17)11-6-7-18-13-26(4,5)36(14-18)23-19(24(38)34-42(20,39)40)8-9-21(31-23)37-12-10-22(33-37)41-16-25(2,3)27(28,29)30/h8-10,12,15,18H,6-7,11,13-14,16H2,1-5H3,(H,34,38). The molecule has 5 rings (SSSR count). The summed E-state index contributed by atoms with van der Waals surface area (Å²) >= 11 is 0. The average Bonchev–Trinajstić information content (AvgIpc) is 3.58. The maximum atomic E-state index is 13.5. The molecule has 0 radical (unpaired) electrons. The van der Waals surface area contributed by atoms with Gasteiger partial charge in [-0.15, -0.1) is 5.10 Å². The van der Waals surface area contributed by atoms with Crippen LogP contribution in [-0.4, -0.2) is 63.7 Å². The molecule has 228 valence electrons. The van der Waals surface area contributed by atoms with E-state index in [9.17, 15) is 26.4 Å². The zero-order chi connectivity index (χ0) is 30.7. The molecule has 5 heterocycles. The largest absolute Gasteiger partial charge is 0.476 e. The Morgan fingerprint density at radius 2 is 1.90 bits per heavy atom. The number of carbonyl (C=O) groups excluding carboxylic acids is 1. The number of anilines is 1. The summed E-state index contributed by atoms with van der Waals surface area (Å²) in [6.07, 6.45) is 0.984. The van der Waals surface area contributed by atoms with E-state index in [4.69, 9.17) is 9.72 Å². The number of halogens is 3. The number of carbonyl (C=O) groups is 1. The van der Waals surface area contributed by atoms with E-state index in [0.717, 1.165) is 33.1 Å². The molecule has 0 spiro atoms. The monoisotopic (exact) mass is 609 g/mol. The molecule has 1 saturated heterocycles. The number of aryl methyl sites for hydroxylation is 2. The van der Waals surface area contributed by atoms with E-state index >= 15 is 0 Å². The molecule has 3 aromatic heterocycles. The summed E-state index contributed by atoms with van der Waals surface area (Å²) < 4.78 is 76.6. The van der Waals surface area contributed by atoms with Gasteiger partial charge in [0.1, 0.15) is 17.3 Å². The lowest BCUT2D eigenvalue weighted by atomic mass is 9.93. The van der Waals surface area contributed by atoms with Crippen LogP contribution in [0.2, 0.25) is 0 Å². The molecule has 1 atom stereocenters. The maximum absolute atomic E-state index is 13.5. The van der Waals surface area contributed by atoms with Gasteiger partial charge in [0.2, 0.25) is 5.88 Å². The number of aromatic nitrogens is 5. The second-order valence-corrected chi connectivity index (χ2v) is 13.9. The van der Waals surface area contributed by atoms with Crippen molar-refractivity contribution in [3.8, 4) is 11.7 Å². The third-order valence-electron chi connectivity index (χ3n) is 7.89. The van der Waals surface area contributed by atoms with Gasteiger partial charge in [-0.25, -0.2) is 22.8 Å². The van der Waals surface area contributed by atoms with E-state index in [1.807, 2.05) is 18.7 Å². The fraction of sp³-hybridized carbons (Fsp3) is 0.556. The number of ether oxygens (including phenoxy) is 1. The molecule has 4 bridgehead atoms. The zero-order valence-electron chi connectivity index (χ0n) is 24.1. The van der Waals surface area contributed by atoms with Crippen LogP contribution < -0.4 is 14.4 Å². The van der Waals surface area contributed by atoms with Gasteiger partial charge in [-0.2, -0.15) is 18.3 Å². The van der Waals surface area contributed by atoms with Crippen LogP contribution in [0.4, 0.5) is 19.0 Å². The Balaban J connectivity index is 1.52. The molecule has 2 aliphatic heterocycles. The summed E-state index contributed by atoms with van der Waals surface area (Å²) in [5.74, 6) is 0.00736. The number of hydrogen-bond acceptors (Lipinski definition) is 8. The molecular weight excluding hydrogens is 575 g/mol. The van der Waals surface area contributed by atoms with Crippen LogP contribution >= 0.6 is 0 Å². The van der Waals surface area contributed by atoms with Gasteiger partial charge in [0, 0.05) is 37.1 Å². The Hall–Kier alpha value is -3.62.